The average Bonchev–Trinajstić information content (AvgIpc) is 3.16. The Labute approximate surface area is 147 Å². The third-order valence-corrected chi connectivity index (χ3v) is 4.65. The number of piperazine rings is 1. The van der Waals surface area contributed by atoms with Gasteiger partial charge in [0.2, 0.25) is 0 Å². The van der Waals surface area contributed by atoms with Crippen LogP contribution in [0.15, 0.2) is 43.0 Å². The predicted octanol–water partition coefficient (Wildman–Crippen LogP) is 1.53. The lowest BCUT2D eigenvalue weighted by Crippen LogP contribution is -2.47. The van der Waals surface area contributed by atoms with Crippen molar-refractivity contribution in [3.63, 3.8) is 0 Å². The quantitative estimate of drug-likeness (QED) is 0.543. The van der Waals surface area contributed by atoms with Crippen molar-refractivity contribution in [2.24, 2.45) is 0 Å². The number of anilines is 2. The van der Waals surface area contributed by atoms with Gasteiger partial charge in [0.25, 0.3) is 0 Å². The molecule has 3 aromatic heterocycles. The van der Waals surface area contributed by atoms with Crippen LogP contribution in [0.3, 0.4) is 0 Å². The Hall–Kier alpha value is -3.36. The second-order valence-electron chi connectivity index (χ2n) is 6.13. The minimum atomic E-state index is -0.323. The summed E-state index contributed by atoms with van der Waals surface area (Å²) in [5, 5.41) is 13.1. The van der Waals surface area contributed by atoms with E-state index in [0.29, 0.717) is 5.52 Å². The van der Waals surface area contributed by atoms with Crippen LogP contribution in [0.25, 0.3) is 16.6 Å². The Kier molecular flexibility index (Phi) is 3.37. The molecule has 0 unspecified atom stereocenters. The summed E-state index contributed by atoms with van der Waals surface area (Å²) >= 11 is 0. The number of halogens is 1. The van der Waals surface area contributed by atoms with Gasteiger partial charge in [0.15, 0.2) is 5.65 Å². The minimum Gasteiger partial charge on any atom is -0.352 e. The first-order chi connectivity index (χ1) is 12.8. The summed E-state index contributed by atoms with van der Waals surface area (Å²) in [5.74, 6) is 1.34. The molecule has 1 fully saturated rings. The predicted molar refractivity (Wildman–Crippen MR) is 94.7 cm³/mol. The molecule has 0 bridgehead atoms. The summed E-state index contributed by atoms with van der Waals surface area (Å²) in [5.41, 5.74) is 1.08. The molecule has 4 heterocycles. The normalized spacial score (nSPS) is 15.1. The van der Waals surface area contributed by atoms with Gasteiger partial charge < -0.3 is 9.80 Å². The smallest absolute Gasteiger partial charge is 0.177 e. The van der Waals surface area contributed by atoms with Crippen LogP contribution < -0.4 is 9.80 Å². The highest BCUT2D eigenvalue weighted by Gasteiger charge is 2.21. The van der Waals surface area contributed by atoms with Crippen LogP contribution in [0.2, 0.25) is 0 Å². The van der Waals surface area contributed by atoms with E-state index in [1.54, 1.807) is 16.9 Å². The lowest BCUT2D eigenvalue weighted by atomic mass is 10.2. The van der Waals surface area contributed by atoms with Crippen LogP contribution in [0.1, 0.15) is 0 Å². The first kappa shape index (κ1) is 14.9. The molecule has 1 saturated heterocycles. The summed E-state index contributed by atoms with van der Waals surface area (Å²) in [4.78, 5) is 12.8. The molecule has 4 aromatic rings. The van der Waals surface area contributed by atoms with Gasteiger partial charge in [-0.3, -0.25) is 0 Å². The zero-order valence-corrected chi connectivity index (χ0v) is 13.8. The van der Waals surface area contributed by atoms with Crippen molar-refractivity contribution in [2.45, 2.75) is 0 Å². The van der Waals surface area contributed by atoms with E-state index in [-0.39, 0.29) is 5.82 Å². The molecule has 0 aliphatic carbocycles. The van der Waals surface area contributed by atoms with E-state index in [1.807, 2.05) is 18.2 Å². The summed E-state index contributed by atoms with van der Waals surface area (Å²) in [7, 11) is 0. The topological polar surface area (TPSA) is 75.3 Å². The van der Waals surface area contributed by atoms with Gasteiger partial charge in [-0.15, -0.1) is 15.3 Å². The number of hydrogen-bond acceptors (Lipinski definition) is 7. The van der Waals surface area contributed by atoms with Crippen LogP contribution in [0.5, 0.6) is 0 Å². The summed E-state index contributed by atoms with van der Waals surface area (Å²) in [6.45, 7) is 3.12. The molecule has 9 heteroatoms. The number of aromatic nitrogens is 6. The van der Waals surface area contributed by atoms with Gasteiger partial charge in [0.1, 0.15) is 35.6 Å². The van der Waals surface area contributed by atoms with Gasteiger partial charge >= 0.3 is 0 Å². The van der Waals surface area contributed by atoms with E-state index < -0.39 is 0 Å². The van der Waals surface area contributed by atoms with Gasteiger partial charge in [0.05, 0.1) is 0 Å². The van der Waals surface area contributed by atoms with Crippen molar-refractivity contribution in [3.8, 4) is 0 Å². The highest BCUT2D eigenvalue weighted by atomic mass is 19.1. The fraction of sp³-hybridized carbons (Fsp3) is 0.235. The first-order valence-corrected chi connectivity index (χ1v) is 8.36. The second kappa shape index (κ2) is 5.87. The maximum absolute atomic E-state index is 14.0. The van der Waals surface area contributed by atoms with Crippen LogP contribution in [-0.4, -0.2) is 56.0 Å². The van der Waals surface area contributed by atoms with Crippen molar-refractivity contribution in [1.82, 2.24) is 29.8 Å². The molecule has 1 aliphatic rings. The molecule has 8 nitrogen and oxygen atoms in total. The number of rotatable bonds is 2. The highest BCUT2D eigenvalue weighted by molar-refractivity contribution is 5.89. The molecule has 130 valence electrons. The number of nitrogens with zero attached hydrogens (tertiary/aromatic N) is 8. The minimum absolute atomic E-state index is 0.323. The molecule has 1 aromatic carbocycles. The standard InChI is InChI=1S/C17H15FN8/c18-13-3-1-2-12-16(13)19-10-20-17(12)25-8-6-24(7-9-25)15-5-4-14-22-21-11-26(14)23-15/h1-5,10-11H,6-9H2. The Morgan fingerprint density at radius 2 is 1.77 bits per heavy atom. The molecule has 26 heavy (non-hydrogen) atoms. The van der Waals surface area contributed by atoms with Crippen molar-refractivity contribution >= 4 is 28.2 Å². The van der Waals surface area contributed by atoms with E-state index in [1.165, 1.54) is 12.4 Å². The van der Waals surface area contributed by atoms with E-state index in [0.717, 1.165) is 48.8 Å². The summed E-state index contributed by atoms with van der Waals surface area (Å²) in [6, 6.07) is 8.84. The molecule has 1 aliphatic heterocycles. The second-order valence-corrected chi connectivity index (χ2v) is 6.13. The molecule has 0 spiro atoms. The Bertz CT molecular complexity index is 1090. The Morgan fingerprint density at radius 1 is 0.923 bits per heavy atom. The van der Waals surface area contributed by atoms with Crippen LogP contribution in [0, 0.1) is 5.82 Å². The fourth-order valence-electron chi connectivity index (χ4n) is 3.32. The number of hydrogen-bond donors (Lipinski definition) is 0. The number of benzene rings is 1. The monoisotopic (exact) mass is 350 g/mol. The third kappa shape index (κ3) is 2.40. The molecular weight excluding hydrogens is 335 g/mol. The van der Waals surface area contributed by atoms with Gasteiger partial charge in [0, 0.05) is 31.6 Å². The molecule has 0 amide bonds. The zero-order valence-electron chi connectivity index (χ0n) is 13.8. The fourth-order valence-corrected chi connectivity index (χ4v) is 3.32. The van der Waals surface area contributed by atoms with Crippen LogP contribution in [-0.2, 0) is 0 Å². The maximum atomic E-state index is 14.0. The molecule has 0 radical (unpaired) electrons. The largest absolute Gasteiger partial charge is 0.352 e. The van der Waals surface area contributed by atoms with Crippen LogP contribution >= 0.6 is 0 Å². The summed E-state index contributed by atoms with van der Waals surface area (Å²) < 4.78 is 15.6. The Balaban J connectivity index is 1.39. The third-order valence-electron chi connectivity index (χ3n) is 4.65. The lowest BCUT2D eigenvalue weighted by Gasteiger charge is -2.36. The highest BCUT2D eigenvalue weighted by Crippen LogP contribution is 2.26. The molecule has 0 saturated carbocycles. The van der Waals surface area contributed by atoms with Gasteiger partial charge in [-0.2, -0.15) is 4.52 Å². The van der Waals surface area contributed by atoms with Crippen molar-refractivity contribution < 1.29 is 4.39 Å². The van der Waals surface area contributed by atoms with Crippen molar-refractivity contribution in [2.75, 3.05) is 36.0 Å². The van der Waals surface area contributed by atoms with Gasteiger partial charge in [-0.05, 0) is 24.3 Å². The lowest BCUT2D eigenvalue weighted by molar-refractivity contribution is 0.631. The van der Waals surface area contributed by atoms with Crippen LogP contribution in [0.4, 0.5) is 16.0 Å². The van der Waals surface area contributed by atoms with Crippen molar-refractivity contribution in [1.29, 1.82) is 0 Å². The molecule has 5 rings (SSSR count). The van der Waals surface area contributed by atoms with Gasteiger partial charge in [-0.25, -0.2) is 14.4 Å². The summed E-state index contributed by atoms with van der Waals surface area (Å²) in [6.07, 6.45) is 3.02. The number of para-hydroxylation sites is 1. The average molecular weight is 350 g/mol. The Morgan fingerprint density at radius 3 is 2.65 bits per heavy atom. The zero-order chi connectivity index (χ0) is 17.5. The molecular formula is C17H15FN8. The van der Waals surface area contributed by atoms with E-state index in [4.69, 9.17) is 0 Å². The maximum Gasteiger partial charge on any atom is 0.177 e. The molecule has 0 N–H and O–H groups in total. The van der Waals surface area contributed by atoms with E-state index >= 15 is 0 Å². The van der Waals surface area contributed by atoms with E-state index in [2.05, 4.69) is 35.1 Å². The van der Waals surface area contributed by atoms with Gasteiger partial charge in [-0.1, -0.05) is 6.07 Å². The number of fused-ring (bicyclic) bond motifs is 2. The first-order valence-electron chi connectivity index (χ1n) is 8.36. The molecule has 0 atom stereocenters. The van der Waals surface area contributed by atoms with Crippen molar-refractivity contribution in [3.05, 3.63) is 48.8 Å². The SMILES string of the molecule is Fc1cccc2c(N3CCN(c4ccc5nncn5n4)CC3)ncnc12. The van der Waals surface area contributed by atoms with E-state index in [9.17, 15) is 4.39 Å².